The van der Waals surface area contributed by atoms with Crippen molar-refractivity contribution in [3.8, 4) is 12.1 Å². The number of esters is 2. The van der Waals surface area contributed by atoms with Crippen molar-refractivity contribution in [1.82, 2.24) is 10.6 Å². The summed E-state index contributed by atoms with van der Waals surface area (Å²) in [5, 5.41) is 23.0. The molecule has 3 aliphatic carbocycles. The topological polar surface area (TPSA) is 175 Å². The minimum absolute atomic E-state index is 0.0125. The molecule has 0 saturated carbocycles. The highest BCUT2D eigenvalue weighted by Crippen LogP contribution is 2.47. The van der Waals surface area contributed by atoms with Gasteiger partial charge in [0, 0.05) is 27.8 Å². The Bertz CT molecular complexity index is 3070. The fourth-order valence-corrected chi connectivity index (χ4v) is 8.98. The van der Waals surface area contributed by atoms with Crippen LogP contribution in [0.15, 0.2) is 175 Å². The zero-order valence-corrected chi connectivity index (χ0v) is 41.9. The average Bonchev–Trinajstić information content (AvgIpc) is 3.39. The molecule has 0 saturated heterocycles. The molecule has 0 atom stereocenters. The Morgan fingerprint density at radius 3 is 1.33 bits per heavy atom. The first kappa shape index (κ1) is 54.0. The van der Waals surface area contributed by atoms with Gasteiger partial charge in [0.05, 0.1) is 19.2 Å². The number of ether oxygens (including phenoxy) is 2. The minimum Gasteiger partial charge on any atom is -0.460 e. The Kier molecular flexibility index (Phi) is 19.0. The predicted octanol–water partition coefficient (Wildman–Crippen LogP) is 10.4. The lowest BCUT2D eigenvalue weighted by molar-refractivity contribution is -0.139. The molecule has 368 valence electrons. The molecule has 0 radical (unpaired) electrons. The summed E-state index contributed by atoms with van der Waals surface area (Å²) in [7, 11) is 0. The van der Waals surface area contributed by atoms with Crippen LogP contribution in [-0.2, 0) is 52.2 Å². The maximum Gasteiger partial charge on any atom is 0.333 e. The summed E-state index contributed by atoms with van der Waals surface area (Å²) in [5.74, 6) is -1.70. The van der Waals surface area contributed by atoms with Crippen molar-refractivity contribution in [3.05, 3.63) is 242 Å². The van der Waals surface area contributed by atoms with Gasteiger partial charge in [-0.3, -0.25) is 14.4 Å². The number of nitrogens with one attached hydrogen (secondary N) is 2. The largest absolute Gasteiger partial charge is 0.460 e. The summed E-state index contributed by atoms with van der Waals surface area (Å²) in [6, 6.07) is 51.2. The molecule has 6 aromatic carbocycles. The van der Waals surface area contributed by atoms with Gasteiger partial charge < -0.3 is 20.1 Å². The highest BCUT2D eigenvalue weighted by molar-refractivity contribution is 6.50. The molecule has 13 heteroatoms. The number of fused-ring (bicyclic) bond motifs is 6. The van der Waals surface area contributed by atoms with Gasteiger partial charge >= 0.3 is 11.9 Å². The van der Waals surface area contributed by atoms with Crippen LogP contribution in [-0.4, -0.2) is 55.8 Å². The number of rotatable bonds is 10. The van der Waals surface area contributed by atoms with Crippen LogP contribution in [0.3, 0.4) is 0 Å². The summed E-state index contributed by atoms with van der Waals surface area (Å²) in [5.41, 5.74) is 13.7. The second-order valence-corrected chi connectivity index (χ2v) is 18.3. The van der Waals surface area contributed by atoms with Crippen LogP contribution in [0.5, 0.6) is 0 Å². The number of benzene rings is 6. The fraction of sp³-hybridized carbons (Fsp3) is 0.183. The Morgan fingerprint density at radius 2 is 0.918 bits per heavy atom. The van der Waals surface area contributed by atoms with Crippen LogP contribution in [0.2, 0.25) is 0 Å². The molecule has 0 aliphatic heterocycles. The number of carbonyl (C=O) groups is 5. The van der Waals surface area contributed by atoms with Crippen molar-refractivity contribution in [2.75, 3.05) is 26.3 Å². The van der Waals surface area contributed by atoms with Gasteiger partial charge in [0.15, 0.2) is 10.1 Å². The second kappa shape index (κ2) is 25.7. The quantitative estimate of drug-likeness (QED) is 0.0444. The first-order valence-electron chi connectivity index (χ1n) is 23.3. The van der Waals surface area contributed by atoms with E-state index in [-0.39, 0.29) is 50.0 Å². The molecule has 2 N–H and O–H groups in total. The van der Waals surface area contributed by atoms with E-state index < -0.39 is 22.2 Å². The summed E-state index contributed by atoms with van der Waals surface area (Å²) in [4.78, 5) is 57.8. The third kappa shape index (κ3) is 13.7. The number of ketones is 1. The normalized spacial score (nSPS) is 12.4. The van der Waals surface area contributed by atoms with Gasteiger partial charge in [0.25, 0.3) is 5.91 Å². The number of nitriles is 2. The van der Waals surface area contributed by atoms with E-state index in [1.54, 1.807) is 13.0 Å². The molecule has 9 rings (SSSR count). The zero-order chi connectivity index (χ0) is 52.5. The van der Waals surface area contributed by atoms with Crippen molar-refractivity contribution in [2.45, 2.75) is 43.9 Å². The standard InChI is InChI=1S/C23H20N2O3.C14H10Cl2.C14H10O.C9H12N2O3/c1-15(2)23(27)28-12-11-25-22(26)20(14-24)21-18-9-5-3-7-16(18)13-17-8-4-6-10-19(17)21;15-14(16)12-7-3-1-5-10(12)9-11-6-2-4-8-13(11)14;15-14-12-7-3-1-5-10(12)9-11-6-2-4-8-13(11)14;1-7(2)9(13)14-6-5-11-8(12)3-4-10/h3-10H,1,11-13H2,2H3,(H,25,26);1-8H,9H2;1-8H,9H2;1,3,5-6H2,2H3,(H,11,12). The van der Waals surface area contributed by atoms with Gasteiger partial charge in [-0.2, -0.15) is 10.5 Å². The molecule has 0 spiro atoms. The molecule has 0 fully saturated rings. The van der Waals surface area contributed by atoms with E-state index in [9.17, 15) is 29.2 Å². The number of halogens is 2. The highest BCUT2D eigenvalue weighted by atomic mass is 35.5. The Balaban J connectivity index is 0.000000167. The van der Waals surface area contributed by atoms with Crippen LogP contribution < -0.4 is 10.6 Å². The third-order valence-electron chi connectivity index (χ3n) is 11.8. The van der Waals surface area contributed by atoms with Crippen molar-refractivity contribution in [3.63, 3.8) is 0 Å². The molecular formula is C60H52Cl2N4O7. The maximum absolute atomic E-state index is 12.7. The lowest BCUT2D eigenvalue weighted by atomic mass is 9.80. The SMILES string of the molecule is C=C(C)C(=O)OCCNC(=O)C(C#N)=C1c2ccccc2Cc2ccccc21.C=C(C)C(=O)OCCNC(=O)CC#N.ClC1(Cl)c2ccccc2Cc2ccccc21.O=C1c2ccccc2Cc2ccccc21. The lowest BCUT2D eigenvalue weighted by Gasteiger charge is -2.30. The van der Waals surface area contributed by atoms with Gasteiger partial charge in [-0.15, -0.1) is 0 Å². The van der Waals surface area contributed by atoms with E-state index in [4.69, 9.17) is 37.9 Å². The van der Waals surface area contributed by atoms with Gasteiger partial charge in [-0.05, 0) is 88.7 Å². The summed E-state index contributed by atoms with van der Waals surface area (Å²) in [6.07, 6.45) is 2.35. The Hall–Kier alpha value is -8.35. The molecular weight excluding hydrogens is 960 g/mol. The van der Waals surface area contributed by atoms with Gasteiger partial charge in [-0.25, -0.2) is 9.59 Å². The summed E-state index contributed by atoms with van der Waals surface area (Å²) >= 11 is 13.0. The molecule has 0 aromatic heterocycles. The second-order valence-electron chi connectivity index (χ2n) is 17.0. The third-order valence-corrected chi connectivity index (χ3v) is 12.6. The number of amides is 2. The zero-order valence-electron chi connectivity index (χ0n) is 40.4. The van der Waals surface area contributed by atoms with Crippen molar-refractivity contribution in [1.29, 1.82) is 10.5 Å². The molecule has 0 heterocycles. The molecule has 0 unspecified atom stereocenters. The number of carbonyl (C=O) groups excluding carboxylic acids is 5. The van der Waals surface area contributed by atoms with Crippen LogP contribution in [0.4, 0.5) is 0 Å². The van der Waals surface area contributed by atoms with Crippen molar-refractivity contribution in [2.24, 2.45) is 0 Å². The monoisotopic (exact) mass is 1010 g/mol. The van der Waals surface area contributed by atoms with E-state index in [2.05, 4.69) is 42.0 Å². The van der Waals surface area contributed by atoms with Gasteiger partial charge in [0.2, 0.25) is 5.91 Å². The van der Waals surface area contributed by atoms with Gasteiger partial charge in [0.1, 0.15) is 31.3 Å². The number of nitrogens with zero attached hydrogens (tertiary/aromatic N) is 2. The van der Waals surface area contributed by atoms with Crippen LogP contribution >= 0.6 is 23.2 Å². The number of hydrogen-bond acceptors (Lipinski definition) is 9. The predicted molar refractivity (Wildman–Crippen MR) is 282 cm³/mol. The minimum atomic E-state index is -0.911. The van der Waals surface area contributed by atoms with Crippen LogP contribution in [0, 0.1) is 22.7 Å². The van der Waals surface area contributed by atoms with Crippen molar-refractivity contribution < 1.29 is 33.4 Å². The summed E-state index contributed by atoms with van der Waals surface area (Å²) in [6.45, 7) is 10.4. The number of hydrogen-bond donors (Lipinski definition) is 2. The average molecular weight is 1010 g/mol. The molecule has 73 heavy (non-hydrogen) atoms. The highest BCUT2D eigenvalue weighted by Gasteiger charge is 2.36. The molecule has 3 aliphatic rings. The number of alkyl halides is 2. The van der Waals surface area contributed by atoms with Crippen LogP contribution in [0.1, 0.15) is 91.8 Å². The van der Waals surface area contributed by atoms with E-state index in [0.29, 0.717) is 16.7 Å². The molecule has 0 bridgehead atoms. The summed E-state index contributed by atoms with van der Waals surface area (Å²) < 4.78 is 8.76. The fourth-order valence-electron chi connectivity index (χ4n) is 8.24. The molecule has 6 aromatic rings. The molecule has 11 nitrogen and oxygen atoms in total. The van der Waals surface area contributed by atoms with E-state index in [1.807, 2.05) is 133 Å². The molecule has 2 amide bonds. The lowest BCUT2D eigenvalue weighted by Crippen LogP contribution is -2.30. The van der Waals surface area contributed by atoms with Crippen molar-refractivity contribution >= 4 is 58.3 Å². The maximum atomic E-state index is 12.7. The van der Waals surface area contributed by atoms with E-state index in [1.165, 1.54) is 18.1 Å². The Morgan fingerprint density at radius 1 is 0.562 bits per heavy atom. The Labute approximate surface area is 435 Å². The van der Waals surface area contributed by atoms with E-state index in [0.717, 1.165) is 74.9 Å². The smallest absolute Gasteiger partial charge is 0.333 e. The first-order valence-corrected chi connectivity index (χ1v) is 24.0. The first-order chi connectivity index (χ1) is 35.2. The van der Waals surface area contributed by atoms with Crippen LogP contribution in [0.25, 0.3) is 5.57 Å². The van der Waals surface area contributed by atoms with E-state index >= 15 is 0 Å². The van der Waals surface area contributed by atoms with Gasteiger partial charge in [-0.1, -0.05) is 182 Å².